The molecule has 1 aromatic carbocycles. The van der Waals surface area contributed by atoms with Crippen molar-refractivity contribution >= 4 is 11.9 Å². The molecule has 1 amide bonds. The number of aromatic nitrogens is 1. The molecule has 1 aromatic heterocycles. The summed E-state index contributed by atoms with van der Waals surface area (Å²) in [5.41, 5.74) is 0.942. The molecule has 22 heavy (non-hydrogen) atoms. The summed E-state index contributed by atoms with van der Waals surface area (Å²) in [6, 6.07) is 9.00. The monoisotopic (exact) mass is 302 g/mol. The third-order valence-electron chi connectivity index (χ3n) is 3.06. The molecule has 0 unspecified atom stereocenters. The molecule has 0 aliphatic carbocycles. The number of pyridine rings is 1. The highest BCUT2D eigenvalue weighted by Gasteiger charge is 2.10. The number of benzene rings is 1. The molecular formula is C16H15FN2O3. The van der Waals surface area contributed by atoms with E-state index in [1.54, 1.807) is 6.07 Å². The van der Waals surface area contributed by atoms with E-state index in [0.717, 1.165) is 5.56 Å². The van der Waals surface area contributed by atoms with Gasteiger partial charge in [0.05, 0.1) is 0 Å². The van der Waals surface area contributed by atoms with Crippen LogP contribution in [0.4, 0.5) is 4.39 Å². The van der Waals surface area contributed by atoms with Crippen LogP contribution in [0.2, 0.25) is 0 Å². The van der Waals surface area contributed by atoms with Crippen molar-refractivity contribution in [2.75, 3.05) is 6.54 Å². The van der Waals surface area contributed by atoms with E-state index in [4.69, 9.17) is 5.11 Å². The summed E-state index contributed by atoms with van der Waals surface area (Å²) >= 11 is 0. The molecule has 0 aliphatic rings. The lowest BCUT2D eigenvalue weighted by Gasteiger charge is -2.06. The summed E-state index contributed by atoms with van der Waals surface area (Å²) in [4.78, 5) is 26.3. The summed E-state index contributed by atoms with van der Waals surface area (Å²) in [6.07, 6.45) is 2.59. The molecule has 1 heterocycles. The van der Waals surface area contributed by atoms with Gasteiger partial charge in [-0.05, 0) is 42.7 Å². The van der Waals surface area contributed by atoms with Gasteiger partial charge in [0, 0.05) is 18.3 Å². The van der Waals surface area contributed by atoms with Gasteiger partial charge in [-0.3, -0.25) is 4.79 Å². The van der Waals surface area contributed by atoms with E-state index >= 15 is 0 Å². The summed E-state index contributed by atoms with van der Waals surface area (Å²) in [5.74, 6) is -1.82. The highest BCUT2D eigenvalue weighted by Crippen LogP contribution is 2.06. The van der Waals surface area contributed by atoms with Crippen molar-refractivity contribution in [1.29, 1.82) is 0 Å². The van der Waals surface area contributed by atoms with Crippen molar-refractivity contribution in [3.8, 4) is 0 Å². The molecule has 0 spiro atoms. The molecule has 0 aliphatic heterocycles. The Morgan fingerprint density at radius 2 is 2.05 bits per heavy atom. The lowest BCUT2D eigenvalue weighted by Crippen LogP contribution is -2.25. The maximum Gasteiger partial charge on any atom is 0.354 e. The molecule has 0 atom stereocenters. The van der Waals surface area contributed by atoms with Crippen LogP contribution < -0.4 is 5.32 Å². The first kappa shape index (κ1) is 15.6. The number of carboxylic acid groups (broad SMARTS) is 1. The Morgan fingerprint density at radius 3 is 2.77 bits per heavy atom. The topological polar surface area (TPSA) is 79.3 Å². The van der Waals surface area contributed by atoms with E-state index in [1.165, 1.54) is 30.5 Å². The first-order chi connectivity index (χ1) is 10.6. The number of halogens is 1. The van der Waals surface area contributed by atoms with Crippen LogP contribution in [0.25, 0.3) is 0 Å². The zero-order valence-corrected chi connectivity index (χ0v) is 11.8. The van der Waals surface area contributed by atoms with Gasteiger partial charge in [0.15, 0.2) is 0 Å². The Hall–Kier alpha value is -2.76. The Morgan fingerprint density at radius 1 is 1.23 bits per heavy atom. The number of carbonyl (C=O) groups excluding carboxylic acids is 1. The van der Waals surface area contributed by atoms with Gasteiger partial charge in [0.1, 0.15) is 11.5 Å². The van der Waals surface area contributed by atoms with E-state index < -0.39 is 5.97 Å². The SMILES string of the molecule is O=C(NCCCc1cccc(F)c1)c1ccnc(C(=O)O)c1. The number of aromatic carboxylic acids is 1. The maximum absolute atomic E-state index is 13.0. The van der Waals surface area contributed by atoms with E-state index in [9.17, 15) is 14.0 Å². The normalized spacial score (nSPS) is 10.2. The Balaban J connectivity index is 1.83. The van der Waals surface area contributed by atoms with Crippen LogP contribution in [0.15, 0.2) is 42.6 Å². The highest BCUT2D eigenvalue weighted by atomic mass is 19.1. The van der Waals surface area contributed by atoms with Crippen molar-refractivity contribution in [3.05, 3.63) is 65.2 Å². The minimum atomic E-state index is -1.18. The van der Waals surface area contributed by atoms with E-state index in [1.807, 2.05) is 6.07 Å². The van der Waals surface area contributed by atoms with Gasteiger partial charge < -0.3 is 10.4 Å². The molecule has 0 radical (unpaired) electrons. The molecular weight excluding hydrogens is 287 g/mol. The number of hydrogen-bond donors (Lipinski definition) is 2. The average molecular weight is 302 g/mol. The predicted octanol–water partition coefficient (Wildman–Crippen LogP) is 2.28. The summed E-state index contributed by atoms with van der Waals surface area (Å²) < 4.78 is 13.0. The Kier molecular flexibility index (Phi) is 5.19. The number of hydrogen-bond acceptors (Lipinski definition) is 3. The molecule has 0 saturated carbocycles. The predicted molar refractivity (Wildman–Crippen MR) is 78.3 cm³/mol. The molecule has 5 nitrogen and oxygen atoms in total. The minimum absolute atomic E-state index is 0.174. The first-order valence-electron chi connectivity index (χ1n) is 6.78. The maximum atomic E-state index is 13.0. The second kappa shape index (κ2) is 7.31. The van der Waals surface area contributed by atoms with E-state index in [0.29, 0.717) is 19.4 Å². The minimum Gasteiger partial charge on any atom is -0.477 e. The number of aryl methyl sites for hydroxylation is 1. The number of nitrogens with zero attached hydrogens (tertiary/aromatic N) is 1. The van der Waals surface area contributed by atoms with Crippen LogP contribution >= 0.6 is 0 Å². The highest BCUT2D eigenvalue weighted by molar-refractivity contribution is 5.96. The number of nitrogens with one attached hydrogen (secondary N) is 1. The third kappa shape index (κ3) is 4.37. The number of carboxylic acids is 1. The van der Waals surface area contributed by atoms with Gasteiger partial charge in [-0.25, -0.2) is 14.2 Å². The Labute approximate surface area is 126 Å². The van der Waals surface area contributed by atoms with Crippen molar-refractivity contribution in [2.24, 2.45) is 0 Å². The molecule has 0 fully saturated rings. The smallest absolute Gasteiger partial charge is 0.354 e. The first-order valence-corrected chi connectivity index (χ1v) is 6.78. The number of carbonyl (C=O) groups is 2. The number of rotatable bonds is 6. The van der Waals surface area contributed by atoms with E-state index in [-0.39, 0.29) is 23.0 Å². The second-order valence-corrected chi connectivity index (χ2v) is 4.72. The van der Waals surface area contributed by atoms with Gasteiger partial charge in [-0.2, -0.15) is 0 Å². The number of amides is 1. The third-order valence-corrected chi connectivity index (χ3v) is 3.06. The second-order valence-electron chi connectivity index (χ2n) is 4.72. The van der Waals surface area contributed by atoms with Crippen molar-refractivity contribution < 1.29 is 19.1 Å². The molecule has 114 valence electrons. The molecule has 6 heteroatoms. The summed E-state index contributed by atoms with van der Waals surface area (Å²) in [5, 5.41) is 11.5. The van der Waals surface area contributed by atoms with Crippen LogP contribution in [0.5, 0.6) is 0 Å². The van der Waals surface area contributed by atoms with Gasteiger partial charge >= 0.3 is 5.97 Å². The lowest BCUT2D eigenvalue weighted by molar-refractivity contribution is 0.0690. The molecule has 0 bridgehead atoms. The van der Waals surface area contributed by atoms with Crippen molar-refractivity contribution in [1.82, 2.24) is 10.3 Å². The molecule has 2 aromatic rings. The Bertz CT molecular complexity index is 689. The standard InChI is InChI=1S/C16H15FN2O3/c17-13-5-1-3-11(9-13)4-2-7-19-15(20)12-6-8-18-14(10-12)16(21)22/h1,3,5-6,8-10H,2,4,7H2,(H,19,20)(H,21,22). The average Bonchev–Trinajstić information content (AvgIpc) is 2.51. The summed E-state index contributed by atoms with van der Waals surface area (Å²) in [7, 11) is 0. The van der Waals surface area contributed by atoms with Crippen molar-refractivity contribution in [3.63, 3.8) is 0 Å². The molecule has 2 rings (SSSR count). The fourth-order valence-corrected chi connectivity index (χ4v) is 1.98. The fourth-order valence-electron chi connectivity index (χ4n) is 1.98. The molecule has 0 saturated heterocycles. The van der Waals surface area contributed by atoms with Crippen LogP contribution in [-0.2, 0) is 6.42 Å². The van der Waals surface area contributed by atoms with Crippen LogP contribution in [0.3, 0.4) is 0 Å². The van der Waals surface area contributed by atoms with Crippen LogP contribution in [0.1, 0.15) is 32.8 Å². The van der Waals surface area contributed by atoms with Gasteiger partial charge in [0.25, 0.3) is 5.91 Å². The fraction of sp³-hybridized carbons (Fsp3) is 0.188. The van der Waals surface area contributed by atoms with Crippen LogP contribution in [0, 0.1) is 5.82 Å². The van der Waals surface area contributed by atoms with Crippen LogP contribution in [-0.4, -0.2) is 28.5 Å². The van der Waals surface area contributed by atoms with E-state index in [2.05, 4.69) is 10.3 Å². The zero-order chi connectivity index (χ0) is 15.9. The van der Waals surface area contributed by atoms with Gasteiger partial charge in [-0.1, -0.05) is 12.1 Å². The lowest BCUT2D eigenvalue weighted by atomic mass is 10.1. The zero-order valence-electron chi connectivity index (χ0n) is 11.8. The quantitative estimate of drug-likeness (QED) is 0.802. The largest absolute Gasteiger partial charge is 0.477 e. The van der Waals surface area contributed by atoms with Crippen molar-refractivity contribution in [2.45, 2.75) is 12.8 Å². The van der Waals surface area contributed by atoms with Gasteiger partial charge in [0.2, 0.25) is 0 Å². The van der Waals surface area contributed by atoms with Gasteiger partial charge in [-0.15, -0.1) is 0 Å². The summed E-state index contributed by atoms with van der Waals surface area (Å²) in [6.45, 7) is 0.417. The molecule has 2 N–H and O–H groups in total.